The lowest BCUT2D eigenvalue weighted by atomic mass is 9.91. The summed E-state index contributed by atoms with van der Waals surface area (Å²) in [7, 11) is -4.35. The van der Waals surface area contributed by atoms with Crippen LogP contribution in [0.4, 0.5) is 0 Å². The van der Waals surface area contributed by atoms with Crippen LogP contribution in [0.1, 0.15) is 41.5 Å². The van der Waals surface area contributed by atoms with Crippen molar-refractivity contribution < 1.29 is 18.4 Å². The lowest BCUT2D eigenvalue weighted by Crippen LogP contribution is -2.53. The summed E-state index contributed by atoms with van der Waals surface area (Å²) in [6, 6.07) is 0. The van der Waals surface area contributed by atoms with Gasteiger partial charge in [-0.15, -0.1) is 0 Å². The maximum atomic E-state index is 11.9. The SMILES string of the molecule is CC(C)(C)[Si](C)(C)OC1(C=O)C=CC(C=O)(O[Si](C)(C)C(C)(C)C)C=C1. The molecule has 0 spiro atoms. The molecule has 0 saturated carbocycles. The van der Waals surface area contributed by atoms with Gasteiger partial charge in [-0.1, -0.05) is 41.5 Å². The predicted octanol–water partition coefficient (Wildman–Crippen LogP) is 5.03. The molecule has 1 aliphatic rings. The molecule has 148 valence electrons. The van der Waals surface area contributed by atoms with Gasteiger partial charge in [-0.2, -0.15) is 0 Å². The van der Waals surface area contributed by atoms with Crippen molar-refractivity contribution in [2.75, 3.05) is 0 Å². The largest absolute Gasteiger partial charge is 0.398 e. The maximum Gasteiger partial charge on any atom is 0.194 e. The van der Waals surface area contributed by atoms with Crippen LogP contribution >= 0.6 is 0 Å². The Morgan fingerprint density at radius 3 is 1.04 bits per heavy atom. The molecule has 26 heavy (non-hydrogen) atoms. The molecule has 0 heterocycles. The molecule has 0 fully saturated rings. The second-order valence-corrected chi connectivity index (χ2v) is 19.8. The van der Waals surface area contributed by atoms with Crippen LogP contribution in [0, 0.1) is 0 Å². The summed E-state index contributed by atoms with van der Waals surface area (Å²) < 4.78 is 12.7. The van der Waals surface area contributed by atoms with Gasteiger partial charge in [-0.05, 0) is 60.6 Å². The number of rotatable bonds is 6. The molecule has 0 unspecified atom stereocenters. The monoisotopic (exact) mass is 396 g/mol. The van der Waals surface area contributed by atoms with Crippen LogP contribution in [0.25, 0.3) is 0 Å². The van der Waals surface area contributed by atoms with E-state index in [4.69, 9.17) is 8.85 Å². The minimum Gasteiger partial charge on any atom is -0.398 e. The minimum atomic E-state index is -2.17. The Morgan fingerprint density at radius 2 is 0.885 bits per heavy atom. The van der Waals surface area contributed by atoms with Crippen LogP contribution in [-0.4, -0.2) is 40.4 Å². The molecule has 0 saturated heterocycles. The fraction of sp³-hybridized carbons (Fsp3) is 0.700. The first-order chi connectivity index (χ1) is 11.4. The van der Waals surface area contributed by atoms with E-state index in [9.17, 15) is 9.59 Å². The van der Waals surface area contributed by atoms with Gasteiger partial charge in [-0.25, -0.2) is 0 Å². The highest BCUT2D eigenvalue weighted by Gasteiger charge is 2.47. The van der Waals surface area contributed by atoms with Crippen molar-refractivity contribution in [3.8, 4) is 0 Å². The van der Waals surface area contributed by atoms with E-state index in [2.05, 4.69) is 67.7 Å². The summed E-state index contributed by atoms with van der Waals surface area (Å²) in [5.74, 6) is 0. The molecule has 1 aliphatic carbocycles. The third-order valence-corrected chi connectivity index (χ3v) is 15.0. The van der Waals surface area contributed by atoms with Crippen molar-refractivity contribution in [1.29, 1.82) is 0 Å². The topological polar surface area (TPSA) is 52.6 Å². The molecule has 0 aromatic carbocycles. The van der Waals surface area contributed by atoms with Crippen molar-refractivity contribution in [2.45, 2.75) is 89.0 Å². The molecule has 0 aliphatic heterocycles. The highest BCUT2D eigenvalue weighted by molar-refractivity contribution is 6.74. The van der Waals surface area contributed by atoms with E-state index in [1.807, 2.05) is 0 Å². The molecule has 6 heteroatoms. The molecule has 0 aromatic rings. The van der Waals surface area contributed by atoms with Gasteiger partial charge in [-0.3, -0.25) is 9.59 Å². The molecule has 0 radical (unpaired) electrons. The first-order valence-electron chi connectivity index (χ1n) is 9.19. The fourth-order valence-corrected chi connectivity index (χ4v) is 4.91. The van der Waals surface area contributed by atoms with Gasteiger partial charge in [0.15, 0.2) is 29.2 Å². The quantitative estimate of drug-likeness (QED) is 0.359. The number of hydrogen-bond acceptors (Lipinski definition) is 4. The van der Waals surface area contributed by atoms with E-state index in [0.717, 1.165) is 12.6 Å². The van der Waals surface area contributed by atoms with Crippen LogP contribution < -0.4 is 0 Å². The summed E-state index contributed by atoms with van der Waals surface area (Å²) in [6.07, 6.45) is 8.34. The van der Waals surface area contributed by atoms with Crippen LogP contribution in [0.15, 0.2) is 24.3 Å². The van der Waals surface area contributed by atoms with Crippen LogP contribution in [0.3, 0.4) is 0 Å². The highest BCUT2D eigenvalue weighted by Crippen LogP contribution is 2.43. The lowest BCUT2D eigenvalue weighted by molar-refractivity contribution is -0.118. The van der Waals surface area contributed by atoms with Crippen LogP contribution in [0.2, 0.25) is 36.3 Å². The van der Waals surface area contributed by atoms with Gasteiger partial charge in [0.25, 0.3) is 0 Å². The van der Waals surface area contributed by atoms with Gasteiger partial charge in [0.2, 0.25) is 0 Å². The number of hydrogen-bond donors (Lipinski definition) is 0. The van der Waals surface area contributed by atoms with Crippen LogP contribution in [-0.2, 0) is 18.4 Å². The Kier molecular flexibility index (Phi) is 6.22. The summed E-state index contributed by atoms with van der Waals surface area (Å²) in [4.78, 5) is 23.8. The molecular weight excluding hydrogens is 360 g/mol. The van der Waals surface area contributed by atoms with Crippen LogP contribution in [0.5, 0.6) is 0 Å². The first kappa shape index (κ1) is 23.2. The second kappa shape index (κ2) is 6.96. The van der Waals surface area contributed by atoms with Crippen molar-refractivity contribution in [3.63, 3.8) is 0 Å². The Labute approximate surface area is 161 Å². The summed E-state index contributed by atoms with van der Waals surface area (Å²) >= 11 is 0. The zero-order valence-electron chi connectivity index (χ0n) is 18.1. The van der Waals surface area contributed by atoms with E-state index in [0.29, 0.717) is 0 Å². The summed E-state index contributed by atoms with van der Waals surface area (Å²) in [5, 5.41) is -0.0525. The first-order valence-corrected chi connectivity index (χ1v) is 15.0. The number of carbonyl (C=O) groups excluding carboxylic acids is 2. The van der Waals surface area contributed by atoms with Gasteiger partial charge in [0, 0.05) is 0 Å². The average molecular weight is 397 g/mol. The molecule has 0 N–H and O–H groups in total. The highest BCUT2D eigenvalue weighted by atomic mass is 28.4. The van der Waals surface area contributed by atoms with E-state index >= 15 is 0 Å². The number of aldehydes is 2. The summed E-state index contributed by atoms with van der Waals surface area (Å²) in [5.41, 5.74) is -2.27. The number of carbonyl (C=O) groups is 2. The van der Waals surface area contributed by atoms with Gasteiger partial charge in [0.1, 0.15) is 11.2 Å². The van der Waals surface area contributed by atoms with Crippen molar-refractivity contribution in [2.24, 2.45) is 0 Å². The van der Waals surface area contributed by atoms with Crippen molar-refractivity contribution in [3.05, 3.63) is 24.3 Å². The average Bonchev–Trinajstić information content (AvgIpc) is 2.47. The predicted molar refractivity (Wildman–Crippen MR) is 112 cm³/mol. The maximum absolute atomic E-state index is 11.9. The molecule has 0 aromatic heterocycles. The van der Waals surface area contributed by atoms with E-state index in [1.54, 1.807) is 24.3 Å². The molecule has 0 amide bonds. The zero-order chi connectivity index (χ0) is 20.7. The second-order valence-electron chi connectivity index (χ2n) is 10.3. The van der Waals surface area contributed by atoms with Gasteiger partial charge < -0.3 is 8.85 Å². The Hall–Kier alpha value is -0.826. The third-order valence-electron chi connectivity index (χ3n) is 6.05. The Morgan fingerprint density at radius 1 is 0.654 bits per heavy atom. The molecule has 0 bridgehead atoms. The molecular formula is C20H36O4Si2. The fourth-order valence-electron chi connectivity index (χ4n) is 2.16. The third kappa shape index (κ3) is 4.71. The smallest absolute Gasteiger partial charge is 0.194 e. The van der Waals surface area contributed by atoms with Gasteiger partial charge in [0.05, 0.1) is 0 Å². The van der Waals surface area contributed by atoms with E-state index in [-0.39, 0.29) is 10.1 Å². The van der Waals surface area contributed by atoms with Crippen molar-refractivity contribution >= 4 is 29.2 Å². The standard InChI is InChI=1S/C20H36O4Si2/c1-17(2,3)25(7,8)23-19(15-21)11-13-20(16-22,14-12-19)24-26(9,10)18(4,5)6/h11-16H,1-10H3. The van der Waals surface area contributed by atoms with E-state index in [1.165, 1.54) is 0 Å². The Bertz CT molecular complexity index is 538. The normalized spacial score (nSPS) is 27.5. The zero-order valence-corrected chi connectivity index (χ0v) is 20.1. The molecule has 1 rings (SSSR count). The minimum absolute atomic E-state index is 0.0263. The van der Waals surface area contributed by atoms with E-state index < -0.39 is 27.8 Å². The summed E-state index contributed by atoms with van der Waals surface area (Å²) in [6.45, 7) is 21.2. The molecule has 0 atom stereocenters. The lowest BCUT2D eigenvalue weighted by Gasteiger charge is -2.45. The molecule has 4 nitrogen and oxygen atoms in total. The van der Waals surface area contributed by atoms with Gasteiger partial charge >= 0.3 is 0 Å². The Balaban J connectivity index is 3.19. The van der Waals surface area contributed by atoms with Crippen molar-refractivity contribution in [1.82, 2.24) is 0 Å².